The maximum atomic E-state index is 13.3. The van der Waals surface area contributed by atoms with Crippen molar-refractivity contribution >= 4 is 5.91 Å². The molecule has 1 unspecified atom stereocenters. The van der Waals surface area contributed by atoms with Gasteiger partial charge in [-0.15, -0.1) is 0 Å². The standard InChI is InChI=1S/C13H17F2NO3/c1-19-8-11(17)7-16-13(18)5-3-9-2-4-10(14)6-12(9)15/h2,4,6,11,17H,3,5,7-8H2,1H3,(H,16,18). The molecule has 0 aliphatic rings. The number of aryl methyl sites for hydroxylation is 1. The summed E-state index contributed by atoms with van der Waals surface area (Å²) in [4.78, 5) is 11.4. The molecule has 1 atom stereocenters. The molecule has 1 aromatic rings. The van der Waals surface area contributed by atoms with Crippen molar-refractivity contribution in [3.05, 3.63) is 35.4 Å². The Hall–Kier alpha value is -1.53. The Morgan fingerprint density at radius 3 is 2.84 bits per heavy atom. The molecule has 0 heterocycles. The van der Waals surface area contributed by atoms with E-state index in [0.29, 0.717) is 0 Å². The lowest BCUT2D eigenvalue weighted by molar-refractivity contribution is -0.121. The number of halogens is 2. The van der Waals surface area contributed by atoms with E-state index < -0.39 is 17.7 Å². The van der Waals surface area contributed by atoms with Gasteiger partial charge in [0.25, 0.3) is 0 Å². The third kappa shape index (κ3) is 5.76. The van der Waals surface area contributed by atoms with Crippen LogP contribution in [0.4, 0.5) is 8.78 Å². The number of hydrogen-bond donors (Lipinski definition) is 2. The molecule has 0 saturated heterocycles. The number of nitrogens with one attached hydrogen (secondary N) is 1. The number of rotatable bonds is 7. The van der Waals surface area contributed by atoms with Crippen LogP contribution in [0.3, 0.4) is 0 Å². The molecule has 1 aromatic carbocycles. The van der Waals surface area contributed by atoms with Gasteiger partial charge in [0.1, 0.15) is 11.6 Å². The van der Waals surface area contributed by atoms with Crippen molar-refractivity contribution in [2.75, 3.05) is 20.3 Å². The molecular weight excluding hydrogens is 256 g/mol. The molecule has 0 aromatic heterocycles. The van der Waals surface area contributed by atoms with Gasteiger partial charge in [-0.3, -0.25) is 4.79 Å². The average Bonchev–Trinajstić information content (AvgIpc) is 2.35. The second-order valence-corrected chi connectivity index (χ2v) is 4.15. The maximum Gasteiger partial charge on any atom is 0.220 e. The Morgan fingerprint density at radius 1 is 1.47 bits per heavy atom. The molecule has 0 spiro atoms. The average molecular weight is 273 g/mol. The summed E-state index contributed by atoms with van der Waals surface area (Å²) in [6, 6.07) is 3.26. The van der Waals surface area contributed by atoms with E-state index in [4.69, 9.17) is 4.74 Å². The fourth-order valence-corrected chi connectivity index (χ4v) is 1.54. The summed E-state index contributed by atoms with van der Waals surface area (Å²) in [5.74, 6) is -1.61. The normalized spacial score (nSPS) is 12.2. The zero-order valence-electron chi connectivity index (χ0n) is 10.7. The van der Waals surface area contributed by atoms with Crippen LogP contribution in [0.5, 0.6) is 0 Å². The quantitative estimate of drug-likeness (QED) is 0.780. The minimum absolute atomic E-state index is 0.0717. The Morgan fingerprint density at radius 2 is 2.21 bits per heavy atom. The van der Waals surface area contributed by atoms with E-state index in [1.165, 1.54) is 13.2 Å². The Bertz CT molecular complexity index is 426. The number of carbonyl (C=O) groups excluding carboxylic acids is 1. The molecule has 19 heavy (non-hydrogen) atoms. The van der Waals surface area contributed by atoms with Crippen molar-refractivity contribution in [1.29, 1.82) is 0 Å². The van der Waals surface area contributed by atoms with Crippen molar-refractivity contribution in [2.45, 2.75) is 18.9 Å². The van der Waals surface area contributed by atoms with Gasteiger partial charge in [-0.05, 0) is 18.1 Å². The lowest BCUT2D eigenvalue weighted by Crippen LogP contribution is -2.34. The van der Waals surface area contributed by atoms with E-state index in [2.05, 4.69) is 5.32 Å². The van der Waals surface area contributed by atoms with Crippen LogP contribution in [0.15, 0.2) is 18.2 Å². The summed E-state index contributed by atoms with van der Waals surface area (Å²) >= 11 is 0. The Kier molecular flexibility index (Phi) is 6.38. The predicted molar refractivity (Wildman–Crippen MR) is 65.6 cm³/mol. The van der Waals surface area contributed by atoms with Crippen molar-refractivity contribution in [3.8, 4) is 0 Å². The lowest BCUT2D eigenvalue weighted by atomic mass is 10.1. The van der Waals surface area contributed by atoms with E-state index in [1.54, 1.807) is 0 Å². The summed E-state index contributed by atoms with van der Waals surface area (Å²) in [7, 11) is 1.45. The van der Waals surface area contributed by atoms with Crippen molar-refractivity contribution < 1.29 is 23.4 Å². The van der Waals surface area contributed by atoms with Crippen LogP contribution in [0.1, 0.15) is 12.0 Å². The third-order valence-corrected chi connectivity index (χ3v) is 2.53. The number of carbonyl (C=O) groups is 1. The number of aliphatic hydroxyl groups is 1. The summed E-state index contributed by atoms with van der Waals surface area (Å²) < 4.78 is 30.7. The maximum absolute atomic E-state index is 13.3. The van der Waals surface area contributed by atoms with Crippen molar-refractivity contribution in [2.24, 2.45) is 0 Å². The zero-order chi connectivity index (χ0) is 14.3. The van der Waals surface area contributed by atoms with E-state index in [9.17, 15) is 18.7 Å². The molecule has 0 aliphatic heterocycles. The predicted octanol–water partition coefficient (Wildman–Crippen LogP) is 1.02. The molecule has 0 radical (unpaired) electrons. The van der Waals surface area contributed by atoms with Crippen LogP contribution in [0.2, 0.25) is 0 Å². The molecular formula is C13H17F2NO3. The fraction of sp³-hybridized carbons (Fsp3) is 0.462. The Balaban J connectivity index is 2.33. The Labute approximate surface area is 110 Å². The van der Waals surface area contributed by atoms with Crippen LogP contribution in [-0.4, -0.2) is 37.4 Å². The molecule has 1 rings (SSSR count). The van der Waals surface area contributed by atoms with Crippen LogP contribution in [0.25, 0.3) is 0 Å². The molecule has 0 bridgehead atoms. The summed E-state index contributed by atoms with van der Waals surface area (Å²) in [5, 5.41) is 11.8. The highest BCUT2D eigenvalue weighted by Crippen LogP contribution is 2.11. The summed E-state index contributed by atoms with van der Waals surface area (Å²) in [6.45, 7) is 0.214. The molecule has 4 nitrogen and oxygen atoms in total. The third-order valence-electron chi connectivity index (χ3n) is 2.53. The van der Waals surface area contributed by atoms with Gasteiger partial charge in [0.2, 0.25) is 5.91 Å². The number of benzene rings is 1. The number of amides is 1. The first kappa shape index (κ1) is 15.5. The molecule has 0 saturated carbocycles. The van der Waals surface area contributed by atoms with E-state index in [-0.39, 0.29) is 37.5 Å². The van der Waals surface area contributed by atoms with E-state index >= 15 is 0 Å². The first-order valence-corrected chi connectivity index (χ1v) is 5.90. The van der Waals surface area contributed by atoms with Gasteiger partial charge < -0.3 is 15.2 Å². The highest BCUT2D eigenvalue weighted by Gasteiger charge is 2.09. The fourth-order valence-electron chi connectivity index (χ4n) is 1.54. The summed E-state index contributed by atoms with van der Waals surface area (Å²) in [5.41, 5.74) is 0.286. The topological polar surface area (TPSA) is 58.6 Å². The zero-order valence-corrected chi connectivity index (χ0v) is 10.7. The minimum atomic E-state index is -0.767. The number of ether oxygens (including phenoxy) is 1. The van der Waals surface area contributed by atoms with Crippen LogP contribution >= 0.6 is 0 Å². The second kappa shape index (κ2) is 7.81. The molecule has 6 heteroatoms. The highest BCUT2D eigenvalue weighted by molar-refractivity contribution is 5.76. The van der Waals surface area contributed by atoms with Crippen LogP contribution < -0.4 is 5.32 Å². The number of hydrogen-bond acceptors (Lipinski definition) is 3. The van der Waals surface area contributed by atoms with Gasteiger partial charge in [-0.2, -0.15) is 0 Å². The van der Waals surface area contributed by atoms with Gasteiger partial charge in [0, 0.05) is 26.1 Å². The second-order valence-electron chi connectivity index (χ2n) is 4.15. The minimum Gasteiger partial charge on any atom is -0.389 e. The molecule has 0 aliphatic carbocycles. The van der Waals surface area contributed by atoms with Crippen molar-refractivity contribution in [1.82, 2.24) is 5.32 Å². The molecule has 1 amide bonds. The van der Waals surface area contributed by atoms with Crippen LogP contribution in [0, 0.1) is 11.6 Å². The molecule has 0 fully saturated rings. The van der Waals surface area contributed by atoms with E-state index in [0.717, 1.165) is 12.1 Å². The number of aliphatic hydroxyl groups excluding tert-OH is 1. The first-order chi connectivity index (χ1) is 9.02. The lowest BCUT2D eigenvalue weighted by Gasteiger charge is -2.10. The molecule has 106 valence electrons. The van der Waals surface area contributed by atoms with Gasteiger partial charge in [-0.25, -0.2) is 8.78 Å². The molecule has 2 N–H and O–H groups in total. The van der Waals surface area contributed by atoms with Crippen LogP contribution in [-0.2, 0) is 16.0 Å². The van der Waals surface area contributed by atoms with Gasteiger partial charge in [-0.1, -0.05) is 6.07 Å². The number of methoxy groups -OCH3 is 1. The summed E-state index contributed by atoms with van der Waals surface area (Å²) in [6.07, 6.45) is -0.517. The highest BCUT2D eigenvalue weighted by atomic mass is 19.1. The largest absolute Gasteiger partial charge is 0.389 e. The smallest absolute Gasteiger partial charge is 0.220 e. The SMILES string of the molecule is COCC(O)CNC(=O)CCc1ccc(F)cc1F. The van der Waals surface area contributed by atoms with E-state index in [1.807, 2.05) is 0 Å². The monoisotopic (exact) mass is 273 g/mol. The first-order valence-electron chi connectivity index (χ1n) is 5.90. The van der Waals surface area contributed by atoms with Gasteiger partial charge >= 0.3 is 0 Å². The van der Waals surface area contributed by atoms with Gasteiger partial charge in [0.05, 0.1) is 12.7 Å². The van der Waals surface area contributed by atoms with Crippen molar-refractivity contribution in [3.63, 3.8) is 0 Å². The van der Waals surface area contributed by atoms with Gasteiger partial charge in [0.15, 0.2) is 0 Å².